The number of hydrogen-bond donors (Lipinski definition) is 2. The molecule has 0 radical (unpaired) electrons. The Morgan fingerprint density at radius 1 is 1.27 bits per heavy atom. The van der Waals surface area contributed by atoms with E-state index >= 15 is 0 Å². The monoisotopic (exact) mass is 308 g/mol. The summed E-state index contributed by atoms with van der Waals surface area (Å²) in [6.45, 7) is 11.3. The van der Waals surface area contributed by atoms with Gasteiger partial charge < -0.3 is 20.1 Å². The summed E-state index contributed by atoms with van der Waals surface area (Å²) in [7, 11) is 0. The van der Waals surface area contributed by atoms with Gasteiger partial charge in [-0.3, -0.25) is 0 Å². The first-order valence-electron chi connectivity index (χ1n) is 7.71. The lowest BCUT2D eigenvalue weighted by atomic mass is 10.1. The lowest BCUT2D eigenvalue weighted by molar-refractivity contribution is 0.0526. The molecule has 5 nitrogen and oxygen atoms in total. The Morgan fingerprint density at radius 3 is 2.59 bits per heavy atom. The highest BCUT2D eigenvalue weighted by atomic mass is 16.6. The maximum Gasteiger partial charge on any atom is 0.407 e. The van der Waals surface area contributed by atoms with E-state index in [2.05, 4.69) is 10.6 Å². The van der Waals surface area contributed by atoms with Crippen molar-refractivity contribution in [2.45, 2.75) is 52.9 Å². The summed E-state index contributed by atoms with van der Waals surface area (Å²) >= 11 is 0. The van der Waals surface area contributed by atoms with Gasteiger partial charge in [0.25, 0.3) is 0 Å². The molecule has 2 N–H and O–H groups in total. The first-order valence-corrected chi connectivity index (χ1v) is 7.71. The fourth-order valence-corrected chi connectivity index (χ4v) is 1.87. The van der Waals surface area contributed by atoms with Gasteiger partial charge in [-0.2, -0.15) is 0 Å². The lowest BCUT2D eigenvalue weighted by Crippen LogP contribution is -2.38. The standard InChI is InChI=1S/C17H28N2O3/c1-6-21-12-14-9-7-8-10-15(14)19-13(2)11-18-16(20)22-17(3,4)5/h7-10,13,19H,6,11-12H2,1-5H3,(H,18,20). The highest BCUT2D eigenvalue weighted by Crippen LogP contribution is 2.17. The van der Waals surface area contributed by atoms with Gasteiger partial charge in [0.2, 0.25) is 0 Å². The third-order valence-electron chi connectivity index (χ3n) is 2.83. The van der Waals surface area contributed by atoms with E-state index in [1.807, 2.05) is 58.9 Å². The third kappa shape index (κ3) is 7.31. The molecule has 0 saturated carbocycles. The van der Waals surface area contributed by atoms with Crippen molar-refractivity contribution in [3.8, 4) is 0 Å². The van der Waals surface area contributed by atoms with Crippen LogP contribution < -0.4 is 10.6 Å². The fourth-order valence-electron chi connectivity index (χ4n) is 1.87. The molecule has 1 amide bonds. The minimum Gasteiger partial charge on any atom is -0.444 e. The van der Waals surface area contributed by atoms with Crippen LogP contribution in [0.2, 0.25) is 0 Å². The number of benzene rings is 1. The molecule has 1 atom stereocenters. The van der Waals surface area contributed by atoms with Crippen molar-refractivity contribution >= 4 is 11.8 Å². The molecule has 22 heavy (non-hydrogen) atoms. The van der Waals surface area contributed by atoms with Crippen molar-refractivity contribution in [1.82, 2.24) is 5.32 Å². The normalized spacial score (nSPS) is 12.6. The highest BCUT2D eigenvalue weighted by molar-refractivity contribution is 5.67. The molecule has 124 valence electrons. The zero-order valence-corrected chi connectivity index (χ0v) is 14.2. The van der Waals surface area contributed by atoms with E-state index in [9.17, 15) is 4.79 Å². The number of alkyl carbamates (subject to hydrolysis) is 1. The number of hydrogen-bond acceptors (Lipinski definition) is 4. The summed E-state index contributed by atoms with van der Waals surface area (Å²) in [6, 6.07) is 8.09. The van der Waals surface area contributed by atoms with Gasteiger partial charge in [-0.25, -0.2) is 4.79 Å². The van der Waals surface area contributed by atoms with Gasteiger partial charge in [0, 0.05) is 30.4 Å². The summed E-state index contributed by atoms with van der Waals surface area (Å²) in [6.07, 6.45) is -0.399. The second kappa shape index (κ2) is 8.63. The van der Waals surface area contributed by atoms with Crippen molar-refractivity contribution in [3.05, 3.63) is 29.8 Å². The maximum atomic E-state index is 11.6. The quantitative estimate of drug-likeness (QED) is 0.809. The maximum absolute atomic E-state index is 11.6. The van der Waals surface area contributed by atoms with E-state index in [0.717, 1.165) is 11.3 Å². The SMILES string of the molecule is CCOCc1ccccc1NC(C)CNC(=O)OC(C)(C)C. The van der Waals surface area contributed by atoms with Crippen LogP contribution in [0.4, 0.5) is 10.5 Å². The number of carbonyl (C=O) groups is 1. The Hall–Kier alpha value is -1.75. The first-order chi connectivity index (χ1) is 10.3. The summed E-state index contributed by atoms with van der Waals surface area (Å²) in [5.41, 5.74) is 1.65. The van der Waals surface area contributed by atoms with E-state index in [1.54, 1.807) is 0 Å². The van der Waals surface area contributed by atoms with Gasteiger partial charge in [-0.05, 0) is 40.7 Å². The van der Waals surface area contributed by atoms with E-state index in [0.29, 0.717) is 19.8 Å². The van der Waals surface area contributed by atoms with Crippen LogP contribution in [0.5, 0.6) is 0 Å². The molecule has 0 aliphatic carbocycles. The van der Waals surface area contributed by atoms with Crippen LogP contribution >= 0.6 is 0 Å². The van der Waals surface area contributed by atoms with Crippen LogP contribution in [0.3, 0.4) is 0 Å². The Kier molecular flexibility index (Phi) is 7.18. The molecule has 0 fully saturated rings. The smallest absolute Gasteiger partial charge is 0.407 e. The molecule has 0 spiro atoms. The summed E-state index contributed by atoms with van der Waals surface area (Å²) in [5.74, 6) is 0. The number of nitrogens with one attached hydrogen (secondary N) is 2. The van der Waals surface area contributed by atoms with Gasteiger partial charge in [0.05, 0.1) is 6.61 Å². The number of rotatable bonds is 7. The van der Waals surface area contributed by atoms with E-state index in [4.69, 9.17) is 9.47 Å². The molecule has 0 aliphatic rings. The summed E-state index contributed by atoms with van der Waals surface area (Å²) < 4.78 is 10.7. The minimum absolute atomic E-state index is 0.0790. The second-order valence-corrected chi connectivity index (χ2v) is 6.22. The number of ether oxygens (including phenoxy) is 2. The largest absolute Gasteiger partial charge is 0.444 e. The molecular weight excluding hydrogens is 280 g/mol. The van der Waals surface area contributed by atoms with Crippen LogP contribution in [0.25, 0.3) is 0 Å². The Morgan fingerprint density at radius 2 is 1.95 bits per heavy atom. The van der Waals surface area contributed by atoms with Crippen LogP contribution in [0.15, 0.2) is 24.3 Å². The van der Waals surface area contributed by atoms with Gasteiger partial charge in [0.15, 0.2) is 0 Å². The van der Waals surface area contributed by atoms with Crippen molar-refractivity contribution in [2.24, 2.45) is 0 Å². The highest BCUT2D eigenvalue weighted by Gasteiger charge is 2.16. The number of amides is 1. The van der Waals surface area contributed by atoms with Crippen LogP contribution in [-0.4, -0.2) is 30.9 Å². The zero-order chi connectivity index (χ0) is 16.6. The zero-order valence-electron chi connectivity index (χ0n) is 14.2. The Bertz CT molecular complexity index is 469. The van der Waals surface area contributed by atoms with E-state index in [-0.39, 0.29) is 6.04 Å². The average Bonchev–Trinajstić information content (AvgIpc) is 2.42. The summed E-state index contributed by atoms with van der Waals surface area (Å²) in [5, 5.41) is 6.15. The summed E-state index contributed by atoms with van der Waals surface area (Å²) in [4.78, 5) is 11.6. The average molecular weight is 308 g/mol. The molecule has 1 rings (SSSR count). The van der Waals surface area contributed by atoms with Gasteiger partial charge in [-0.1, -0.05) is 18.2 Å². The number of carbonyl (C=O) groups excluding carboxylic acids is 1. The third-order valence-corrected chi connectivity index (χ3v) is 2.83. The van der Waals surface area contributed by atoms with Gasteiger partial charge in [-0.15, -0.1) is 0 Å². The van der Waals surface area contributed by atoms with Crippen LogP contribution in [-0.2, 0) is 16.1 Å². The molecule has 0 aromatic heterocycles. The van der Waals surface area contributed by atoms with Crippen LogP contribution in [0, 0.1) is 0 Å². The van der Waals surface area contributed by atoms with E-state index < -0.39 is 11.7 Å². The van der Waals surface area contributed by atoms with Crippen molar-refractivity contribution in [1.29, 1.82) is 0 Å². The van der Waals surface area contributed by atoms with Crippen molar-refractivity contribution in [3.63, 3.8) is 0 Å². The number of para-hydroxylation sites is 1. The van der Waals surface area contributed by atoms with E-state index in [1.165, 1.54) is 0 Å². The second-order valence-electron chi connectivity index (χ2n) is 6.22. The van der Waals surface area contributed by atoms with Crippen LogP contribution in [0.1, 0.15) is 40.2 Å². The van der Waals surface area contributed by atoms with Gasteiger partial charge >= 0.3 is 6.09 Å². The topological polar surface area (TPSA) is 59.6 Å². The van der Waals surface area contributed by atoms with Crippen molar-refractivity contribution < 1.29 is 14.3 Å². The molecular formula is C17H28N2O3. The molecule has 0 aliphatic heterocycles. The Labute approximate surface area is 133 Å². The minimum atomic E-state index is -0.481. The molecule has 0 heterocycles. The lowest BCUT2D eigenvalue weighted by Gasteiger charge is -2.22. The number of anilines is 1. The predicted octanol–water partition coefficient (Wildman–Crippen LogP) is 3.55. The molecule has 0 bridgehead atoms. The molecule has 0 saturated heterocycles. The van der Waals surface area contributed by atoms with Crippen molar-refractivity contribution in [2.75, 3.05) is 18.5 Å². The Balaban J connectivity index is 2.48. The molecule has 1 unspecified atom stereocenters. The molecule has 5 heteroatoms. The first kappa shape index (κ1) is 18.3. The molecule has 1 aromatic rings. The molecule has 1 aromatic carbocycles. The fraction of sp³-hybridized carbons (Fsp3) is 0.588. The van der Waals surface area contributed by atoms with Gasteiger partial charge in [0.1, 0.15) is 5.60 Å². The predicted molar refractivity (Wildman–Crippen MR) is 89.1 cm³/mol.